The van der Waals surface area contributed by atoms with Crippen molar-refractivity contribution in [3.8, 4) is 0 Å². The predicted octanol–water partition coefficient (Wildman–Crippen LogP) is 3.43. The van der Waals surface area contributed by atoms with Gasteiger partial charge < -0.3 is 29.0 Å². The molecule has 212 valence electrons. The number of carbonyl (C=O) groups excluding carboxylic acids is 1. The Hall–Kier alpha value is -2.40. The highest BCUT2D eigenvalue weighted by molar-refractivity contribution is 5.85. The number of carbonyl (C=O) groups is 1. The Kier molecular flexibility index (Phi) is 8.96. The fourth-order valence-electron chi connectivity index (χ4n) is 5.63. The van der Waals surface area contributed by atoms with E-state index < -0.39 is 23.6 Å². The van der Waals surface area contributed by atoms with Crippen molar-refractivity contribution in [2.24, 2.45) is 0 Å². The van der Waals surface area contributed by atoms with Crippen molar-refractivity contribution in [3.63, 3.8) is 0 Å². The number of nitrogens with one attached hydrogen (secondary N) is 1. The fourth-order valence-corrected chi connectivity index (χ4v) is 5.63. The van der Waals surface area contributed by atoms with Gasteiger partial charge in [-0.1, -0.05) is 48.5 Å². The minimum atomic E-state index is -1.28. The van der Waals surface area contributed by atoms with Crippen LogP contribution in [0.15, 0.2) is 54.6 Å². The van der Waals surface area contributed by atoms with E-state index in [4.69, 9.17) is 23.7 Å². The quantitative estimate of drug-likeness (QED) is 0.493. The van der Waals surface area contributed by atoms with Gasteiger partial charge in [0.2, 0.25) is 0 Å². The van der Waals surface area contributed by atoms with E-state index in [1.54, 1.807) is 18.2 Å². The van der Waals surface area contributed by atoms with Crippen LogP contribution in [0.1, 0.15) is 37.8 Å². The summed E-state index contributed by atoms with van der Waals surface area (Å²) in [5.41, 5.74) is 0.135. The zero-order valence-electron chi connectivity index (χ0n) is 22.8. The van der Waals surface area contributed by atoms with Gasteiger partial charge in [0, 0.05) is 44.6 Å². The number of benzene rings is 2. The molecule has 1 N–H and O–H groups in total. The number of fused-ring (bicyclic) bond motifs is 1. The molecule has 2 saturated heterocycles. The third-order valence-corrected chi connectivity index (χ3v) is 7.65. The molecule has 3 aliphatic rings. The van der Waals surface area contributed by atoms with Crippen LogP contribution in [-0.4, -0.2) is 79.9 Å². The number of hydrogen-bond donors (Lipinski definition) is 1. The molecular formula is C30H39FN2O6. The standard InChI is InChI=1S/C30H39FN2O6/c1-29(2)38-26-19-30(37-21-23-10-6-7-11-24(23)31,28(34)32-12-13-33-14-16-35-17-15-33)18-25(27(26)39-29)36-20-22-8-4-3-5-9-22/h3-11,25-27H,12-21H2,1-2H3,(H,32,34)/t25?,26-,27+,30-/m1/s1. The van der Waals surface area contributed by atoms with Gasteiger partial charge in [-0.3, -0.25) is 9.69 Å². The van der Waals surface area contributed by atoms with Crippen molar-refractivity contribution in [2.45, 2.75) is 69.6 Å². The van der Waals surface area contributed by atoms with Gasteiger partial charge >= 0.3 is 0 Å². The summed E-state index contributed by atoms with van der Waals surface area (Å²) in [6.45, 7) is 8.29. The second kappa shape index (κ2) is 12.4. The third-order valence-electron chi connectivity index (χ3n) is 7.65. The lowest BCUT2D eigenvalue weighted by Gasteiger charge is -2.43. The molecule has 5 rings (SSSR count). The lowest BCUT2D eigenvalue weighted by molar-refractivity contribution is -0.183. The molecule has 2 aromatic rings. The molecule has 0 aromatic heterocycles. The Morgan fingerprint density at radius 2 is 1.77 bits per heavy atom. The van der Waals surface area contributed by atoms with Gasteiger partial charge in [-0.25, -0.2) is 4.39 Å². The Morgan fingerprint density at radius 1 is 1.03 bits per heavy atom. The molecule has 2 aliphatic heterocycles. The van der Waals surface area contributed by atoms with Gasteiger partial charge in [0.15, 0.2) is 11.4 Å². The lowest BCUT2D eigenvalue weighted by Crippen LogP contribution is -2.60. The predicted molar refractivity (Wildman–Crippen MR) is 142 cm³/mol. The topological polar surface area (TPSA) is 78.5 Å². The molecular weight excluding hydrogens is 503 g/mol. The van der Waals surface area contributed by atoms with E-state index in [1.807, 2.05) is 44.2 Å². The maximum absolute atomic E-state index is 14.5. The largest absolute Gasteiger partial charge is 0.379 e. The molecule has 0 bridgehead atoms. The summed E-state index contributed by atoms with van der Waals surface area (Å²) in [5.74, 6) is -1.43. The monoisotopic (exact) mass is 542 g/mol. The van der Waals surface area contributed by atoms with Crippen LogP contribution in [0.4, 0.5) is 4.39 Å². The zero-order chi connectivity index (χ0) is 27.3. The molecule has 0 spiro atoms. The van der Waals surface area contributed by atoms with Gasteiger partial charge in [-0.15, -0.1) is 0 Å². The SMILES string of the molecule is CC1(C)O[C@@H]2C[C@@](OCc3ccccc3F)(C(=O)NCCN3CCOCC3)CC(OCc3ccccc3)[C@@H]2O1. The Bertz CT molecular complexity index is 1100. The number of halogens is 1. The number of nitrogens with zero attached hydrogens (tertiary/aromatic N) is 1. The summed E-state index contributed by atoms with van der Waals surface area (Å²) >= 11 is 0. The van der Waals surface area contributed by atoms with Crippen molar-refractivity contribution in [2.75, 3.05) is 39.4 Å². The molecule has 3 fully saturated rings. The van der Waals surface area contributed by atoms with E-state index in [2.05, 4.69) is 10.2 Å². The van der Waals surface area contributed by atoms with Crippen molar-refractivity contribution >= 4 is 5.91 Å². The average Bonchev–Trinajstić information content (AvgIpc) is 3.26. The first-order valence-electron chi connectivity index (χ1n) is 13.8. The first-order valence-corrected chi connectivity index (χ1v) is 13.8. The smallest absolute Gasteiger partial charge is 0.252 e. The molecule has 0 radical (unpaired) electrons. The van der Waals surface area contributed by atoms with Crippen molar-refractivity contribution < 1.29 is 32.9 Å². The van der Waals surface area contributed by atoms with Crippen LogP contribution < -0.4 is 5.32 Å². The summed E-state index contributed by atoms with van der Waals surface area (Å²) in [5, 5.41) is 3.09. The maximum Gasteiger partial charge on any atom is 0.252 e. The summed E-state index contributed by atoms with van der Waals surface area (Å²) in [6.07, 6.45) is -0.686. The Morgan fingerprint density at radius 3 is 2.54 bits per heavy atom. The molecule has 1 unspecified atom stereocenters. The third kappa shape index (κ3) is 7.03. The zero-order valence-corrected chi connectivity index (χ0v) is 22.8. The summed E-state index contributed by atoms with van der Waals surface area (Å²) in [7, 11) is 0. The number of rotatable bonds is 10. The number of hydrogen-bond acceptors (Lipinski definition) is 7. The molecule has 4 atom stereocenters. The Labute approximate surface area is 229 Å². The molecule has 1 amide bonds. The van der Waals surface area contributed by atoms with Gasteiger partial charge in [-0.05, 0) is 25.5 Å². The molecule has 1 saturated carbocycles. The second-order valence-electron chi connectivity index (χ2n) is 11.0. The van der Waals surface area contributed by atoms with Crippen LogP contribution in [0.2, 0.25) is 0 Å². The first kappa shape index (κ1) is 28.1. The van der Waals surface area contributed by atoms with Crippen LogP contribution in [0.3, 0.4) is 0 Å². The van der Waals surface area contributed by atoms with Crippen LogP contribution in [0.25, 0.3) is 0 Å². The molecule has 2 heterocycles. The van der Waals surface area contributed by atoms with Gasteiger partial charge in [-0.2, -0.15) is 0 Å². The summed E-state index contributed by atoms with van der Waals surface area (Å²) in [6, 6.07) is 16.3. The van der Waals surface area contributed by atoms with E-state index in [9.17, 15) is 9.18 Å². The molecule has 1 aliphatic carbocycles. The minimum absolute atomic E-state index is 0.0450. The number of ether oxygens (including phenoxy) is 5. The van der Waals surface area contributed by atoms with Crippen LogP contribution in [0, 0.1) is 5.82 Å². The van der Waals surface area contributed by atoms with Crippen LogP contribution in [-0.2, 0) is 41.7 Å². The van der Waals surface area contributed by atoms with Gasteiger partial charge in [0.1, 0.15) is 11.9 Å². The average molecular weight is 543 g/mol. The number of amides is 1. The highest BCUT2D eigenvalue weighted by Gasteiger charge is 2.58. The van der Waals surface area contributed by atoms with Crippen LogP contribution >= 0.6 is 0 Å². The van der Waals surface area contributed by atoms with Crippen molar-refractivity contribution in [1.29, 1.82) is 0 Å². The normalized spacial score (nSPS) is 28.6. The van der Waals surface area contributed by atoms with E-state index in [-0.39, 0.29) is 37.3 Å². The number of morpholine rings is 1. The highest BCUT2D eigenvalue weighted by atomic mass is 19.1. The van der Waals surface area contributed by atoms with Crippen molar-refractivity contribution in [3.05, 3.63) is 71.5 Å². The van der Waals surface area contributed by atoms with Crippen molar-refractivity contribution in [1.82, 2.24) is 10.2 Å². The maximum atomic E-state index is 14.5. The molecule has 9 heteroatoms. The Balaban J connectivity index is 1.36. The second-order valence-corrected chi connectivity index (χ2v) is 11.0. The van der Waals surface area contributed by atoms with E-state index in [1.165, 1.54) is 6.07 Å². The lowest BCUT2D eigenvalue weighted by atomic mass is 9.78. The van der Waals surface area contributed by atoms with Crippen LogP contribution in [0.5, 0.6) is 0 Å². The highest BCUT2D eigenvalue weighted by Crippen LogP contribution is 2.44. The molecule has 39 heavy (non-hydrogen) atoms. The molecule has 2 aromatic carbocycles. The van der Waals surface area contributed by atoms with E-state index in [0.29, 0.717) is 38.5 Å². The van der Waals surface area contributed by atoms with E-state index >= 15 is 0 Å². The van der Waals surface area contributed by atoms with Gasteiger partial charge in [0.25, 0.3) is 5.91 Å². The minimum Gasteiger partial charge on any atom is -0.379 e. The first-order chi connectivity index (χ1) is 18.8. The summed E-state index contributed by atoms with van der Waals surface area (Å²) in [4.78, 5) is 16.2. The molecule has 8 nitrogen and oxygen atoms in total. The fraction of sp³-hybridized carbons (Fsp3) is 0.567. The summed E-state index contributed by atoms with van der Waals surface area (Å²) < 4.78 is 45.2. The van der Waals surface area contributed by atoms with Gasteiger partial charge in [0.05, 0.1) is 38.6 Å². The van der Waals surface area contributed by atoms with E-state index in [0.717, 1.165) is 18.7 Å².